The number of nitrogens with one attached hydrogen (secondary N) is 1. The molecule has 5 nitrogen and oxygen atoms in total. The zero-order chi connectivity index (χ0) is 28.8. The average Bonchev–Trinajstić information content (AvgIpc) is 3.15. The molecule has 220 valence electrons. The molecule has 2 aromatic carbocycles. The van der Waals surface area contributed by atoms with Crippen molar-refractivity contribution in [3.63, 3.8) is 0 Å². The molecule has 0 aliphatic carbocycles. The third-order valence-corrected chi connectivity index (χ3v) is 8.60. The number of thioether (sulfide) groups is 1. The molecule has 0 atom stereocenters. The van der Waals surface area contributed by atoms with Gasteiger partial charge in [-0.2, -0.15) is 13.2 Å². The van der Waals surface area contributed by atoms with Crippen LogP contribution in [0.1, 0.15) is 58.4 Å². The molecule has 2 aliphatic rings. The van der Waals surface area contributed by atoms with Gasteiger partial charge in [0.1, 0.15) is 0 Å². The predicted molar refractivity (Wildman–Crippen MR) is 159 cm³/mol. The molecule has 0 spiro atoms. The van der Waals surface area contributed by atoms with Gasteiger partial charge in [-0.05, 0) is 97.9 Å². The number of amides is 1. The van der Waals surface area contributed by atoms with E-state index in [0.29, 0.717) is 19.5 Å². The molecule has 2 saturated heterocycles. The zero-order valence-electron chi connectivity index (χ0n) is 24.0. The molecule has 0 bridgehead atoms. The van der Waals surface area contributed by atoms with E-state index in [9.17, 15) is 18.0 Å². The highest BCUT2D eigenvalue weighted by Crippen LogP contribution is 2.37. The number of benzene rings is 2. The van der Waals surface area contributed by atoms with Crippen molar-refractivity contribution in [2.45, 2.75) is 74.7 Å². The van der Waals surface area contributed by atoms with Crippen LogP contribution in [0.3, 0.4) is 0 Å². The number of halogens is 3. The molecule has 2 aromatic rings. The number of piperidine rings is 1. The van der Waals surface area contributed by atoms with Crippen LogP contribution in [-0.4, -0.2) is 73.1 Å². The minimum absolute atomic E-state index is 0.102. The van der Waals surface area contributed by atoms with Crippen LogP contribution in [-0.2, 0) is 10.2 Å². The lowest BCUT2D eigenvalue weighted by atomic mass is 9.87. The third-order valence-electron chi connectivity index (χ3n) is 7.86. The second-order valence-electron chi connectivity index (χ2n) is 12.0. The summed E-state index contributed by atoms with van der Waals surface area (Å²) in [4.78, 5) is 20.0. The van der Waals surface area contributed by atoms with Gasteiger partial charge in [-0.25, -0.2) is 0 Å². The van der Waals surface area contributed by atoms with E-state index < -0.39 is 5.51 Å². The lowest BCUT2D eigenvalue weighted by molar-refractivity contribution is -0.132. The van der Waals surface area contributed by atoms with Gasteiger partial charge >= 0.3 is 5.51 Å². The summed E-state index contributed by atoms with van der Waals surface area (Å²) in [5.41, 5.74) is -0.651. The maximum Gasteiger partial charge on any atom is 0.446 e. The fraction of sp³-hybridized carbons (Fsp3) is 0.581. The van der Waals surface area contributed by atoms with E-state index in [1.54, 1.807) is 12.1 Å². The van der Waals surface area contributed by atoms with Crippen LogP contribution in [0.2, 0.25) is 0 Å². The zero-order valence-corrected chi connectivity index (χ0v) is 24.8. The molecular formula is C31H43F3N4OS. The monoisotopic (exact) mass is 576 g/mol. The molecule has 0 aromatic heterocycles. The fourth-order valence-corrected chi connectivity index (χ4v) is 6.04. The lowest BCUT2D eigenvalue weighted by Gasteiger charge is -2.33. The quantitative estimate of drug-likeness (QED) is 0.343. The highest BCUT2D eigenvalue weighted by Gasteiger charge is 2.29. The molecule has 9 heteroatoms. The van der Waals surface area contributed by atoms with E-state index in [2.05, 4.69) is 60.2 Å². The Bertz CT molecular complexity index is 1080. The van der Waals surface area contributed by atoms with E-state index in [1.807, 2.05) is 4.90 Å². The van der Waals surface area contributed by atoms with Crippen molar-refractivity contribution < 1.29 is 18.0 Å². The molecule has 2 fully saturated rings. The SMILES string of the molecule is CC(C)(C)c1ccc(N2CCCN(CCCC(=O)N3CCC(Nc4ccc(SC(F)(F)F)cc4)CC3)CC2)cc1. The van der Waals surface area contributed by atoms with Crippen LogP contribution in [0.5, 0.6) is 0 Å². The van der Waals surface area contributed by atoms with E-state index in [1.165, 1.54) is 23.4 Å². The van der Waals surface area contributed by atoms with Crippen molar-refractivity contribution in [2.75, 3.05) is 56.0 Å². The highest BCUT2D eigenvalue weighted by molar-refractivity contribution is 8.00. The summed E-state index contributed by atoms with van der Waals surface area (Å²) in [7, 11) is 0. The molecular weight excluding hydrogens is 533 g/mol. The Morgan fingerprint density at radius 2 is 1.57 bits per heavy atom. The number of anilines is 2. The summed E-state index contributed by atoms with van der Waals surface area (Å²) in [6.45, 7) is 13.2. The number of rotatable bonds is 8. The van der Waals surface area contributed by atoms with Gasteiger partial charge in [0.25, 0.3) is 0 Å². The summed E-state index contributed by atoms with van der Waals surface area (Å²) in [5.74, 6) is 0.224. The summed E-state index contributed by atoms with van der Waals surface area (Å²) >= 11 is -0.102. The van der Waals surface area contributed by atoms with Crippen LogP contribution in [0.4, 0.5) is 24.5 Å². The van der Waals surface area contributed by atoms with Crippen molar-refractivity contribution in [1.29, 1.82) is 0 Å². The molecule has 0 unspecified atom stereocenters. The maximum absolute atomic E-state index is 12.8. The topological polar surface area (TPSA) is 38.8 Å². The summed E-state index contributed by atoms with van der Waals surface area (Å²) < 4.78 is 37.6. The predicted octanol–water partition coefficient (Wildman–Crippen LogP) is 6.99. The van der Waals surface area contributed by atoms with Gasteiger partial charge in [0.2, 0.25) is 5.91 Å². The molecule has 4 rings (SSSR count). The van der Waals surface area contributed by atoms with E-state index >= 15 is 0 Å². The maximum atomic E-state index is 12.8. The largest absolute Gasteiger partial charge is 0.446 e. The lowest BCUT2D eigenvalue weighted by Crippen LogP contribution is -2.42. The first-order valence-electron chi connectivity index (χ1n) is 14.4. The second kappa shape index (κ2) is 13.5. The van der Waals surface area contributed by atoms with Gasteiger partial charge in [-0.15, -0.1) is 0 Å². The smallest absolute Gasteiger partial charge is 0.382 e. The Balaban J connectivity index is 1.13. The van der Waals surface area contributed by atoms with Gasteiger partial charge in [-0.3, -0.25) is 4.79 Å². The standard InChI is InChI=1S/C31H43F3N4OS/c1-30(2,3)24-7-11-27(12-8-24)37-19-5-18-36(22-23-37)17-4-6-29(39)38-20-15-26(16-21-38)35-25-9-13-28(14-10-25)40-31(32,33)34/h7-14,26,35H,4-6,15-23H2,1-3H3. The average molecular weight is 577 g/mol. The van der Waals surface area contributed by atoms with Crippen LogP contribution in [0.15, 0.2) is 53.4 Å². The summed E-state index contributed by atoms with van der Waals surface area (Å²) in [6.07, 6.45) is 4.25. The Morgan fingerprint density at radius 1 is 0.900 bits per heavy atom. The van der Waals surface area contributed by atoms with Gasteiger partial charge < -0.3 is 20.0 Å². The van der Waals surface area contributed by atoms with Gasteiger partial charge in [0.05, 0.1) is 0 Å². The summed E-state index contributed by atoms with van der Waals surface area (Å²) in [6, 6.07) is 15.6. The minimum atomic E-state index is -4.28. The number of hydrogen-bond donors (Lipinski definition) is 1. The molecule has 2 heterocycles. The van der Waals surface area contributed by atoms with Crippen LogP contribution >= 0.6 is 11.8 Å². The van der Waals surface area contributed by atoms with E-state index in [-0.39, 0.29) is 34.0 Å². The van der Waals surface area contributed by atoms with Crippen LogP contribution in [0.25, 0.3) is 0 Å². The highest BCUT2D eigenvalue weighted by atomic mass is 32.2. The Hall–Kier alpha value is -2.39. The Morgan fingerprint density at radius 3 is 2.20 bits per heavy atom. The van der Waals surface area contributed by atoms with E-state index in [4.69, 9.17) is 0 Å². The van der Waals surface area contributed by atoms with E-state index in [0.717, 1.165) is 64.1 Å². The van der Waals surface area contributed by atoms with Gasteiger partial charge in [0, 0.05) is 61.5 Å². The molecule has 0 saturated carbocycles. The van der Waals surface area contributed by atoms with Crippen molar-refractivity contribution >= 4 is 29.0 Å². The number of carbonyl (C=O) groups is 1. The van der Waals surface area contributed by atoms with Crippen LogP contribution in [0, 0.1) is 0 Å². The third kappa shape index (κ3) is 9.33. The number of nitrogens with zero attached hydrogens (tertiary/aromatic N) is 3. The Labute approximate surface area is 241 Å². The number of carbonyl (C=O) groups excluding carboxylic acids is 1. The normalized spacial score (nSPS) is 18.1. The van der Waals surface area contributed by atoms with Crippen molar-refractivity contribution in [2.24, 2.45) is 0 Å². The molecule has 1 amide bonds. The van der Waals surface area contributed by atoms with Gasteiger partial charge in [-0.1, -0.05) is 32.9 Å². The first-order valence-corrected chi connectivity index (χ1v) is 15.3. The van der Waals surface area contributed by atoms with Crippen LogP contribution < -0.4 is 10.2 Å². The first-order chi connectivity index (χ1) is 19.0. The molecule has 1 N–H and O–H groups in total. The number of hydrogen-bond acceptors (Lipinski definition) is 5. The van der Waals surface area contributed by atoms with Gasteiger partial charge in [0.15, 0.2) is 0 Å². The molecule has 2 aliphatic heterocycles. The van der Waals surface area contributed by atoms with Crippen molar-refractivity contribution in [3.05, 3.63) is 54.1 Å². The number of likely N-dealkylation sites (tertiary alicyclic amines) is 1. The van der Waals surface area contributed by atoms with Crippen molar-refractivity contribution in [1.82, 2.24) is 9.80 Å². The fourth-order valence-electron chi connectivity index (χ4n) is 5.50. The second-order valence-corrected chi connectivity index (χ2v) is 13.1. The Kier molecular flexibility index (Phi) is 10.3. The number of alkyl halides is 3. The summed E-state index contributed by atoms with van der Waals surface area (Å²) in [5, 5.41) is 3.41. The minimum Gasteiger partial charge on any atom is -0.382 e. The van der Waals surface area contributed by atoms with Crippen molar-refractivity contribution in [3.8, 4) is 0 Å². The molecule has 0 radical (unpaired) electrons. The first kappa shape index (κ1) is 30.6. The molecule has 40 heavy (non-hydrogen) atoms.